The van der Waals surface area contributed by atoms with Crippen LogP contribution in [-0.4, -0.2) is 38.4 Å². The number of anilines is 1. The SMILES string of the molecule is C[C@H]1CCCN(C(=O)[C@@H](C)N2c3cccc4cccc(c34)S2(=O)=O)C1. The summed E-state index contributed by atoms with van der Waals surface area (Å²) in [7, 11) is -3.71. The second-order valence-corrected chi connectivity index (χ2v) is 8.92. The highest BCUT2D eigenvalue weighted by Gasteiger charge is 2.42. The van der Waals surface area contributed by atoms with Crippen molar-refractivity contribution in [3.63, 3.8) is 0 Å². The van der Waals surface area contributed by atoms with Gasteiger partial charge < -0.3 is 4.90 Å². The number of hydrogen-bond acceptors (Lipinski definition) is 3. The molecule has 2 aromatic rings. The summed E-state index contributed by atoms with van der Waals surface area (Å²) in [6.45, 7) is 5.24. The van der Waals surface area contributed by atoms with Crippen molar-refractivity contribution in [2.45, 2.75) is 37.6 Å². The zero-order chi connectivity index (χ0) is 17.8. The second kappa shape index (κ2) is 5.73. The van der Waals surface area contributed by atoms with Crippen molar-refractivity contribution < 1.29 is 13.2 Å². The lowest BCUT2D eigenvalue weighted by Gasteiger charge is -2.35. The molecule has 0 bridgehead atoms. The molecule has 2 aliphatic heterocycles. The molecule has 5 nitrogen and oxygen atoms in total. The highest BCUT2D eigenvalue weighted by Crippen LogP contribution is 2.43. The van der Waals surface area contributed by atoms with E-state index in [4.69, 9.17) is 0 Å². The number of carbonyl (C=O) groups is 1. The number of amides is 1. The van der Waals surface area contributed by atoms with Crippen molar-refractivity contribution >= 4 is 32.4 Å². The van der Waals surface area contributed by atoms with Gasteiger partial charge in [-0.2, -0.15) is 0 Å². The topological polar surface area (TPSA) is 57.7 Å². The van der Waals surface area contributed by atoms with Gasteiger partial charge in [-0.1, -0.05) is 31.2 Å². The fourth-order valence-electron chi connectivity index (χ4n) is 4.09. The van der Waals surface area contributed by atoms with Crippen LogP contribution < -0.4 is 4.31 Å². The molecule has 1 fully saturated rings. The highest BCUT2D eigenvalue weighted by atomic mass is 32.2. The number of carbonyl (C=O) groups excluding carboxylic acids is 1. The van der Waals surface area contributed by atoms with Crippen LogP contribution in [0.15, 0.2) is 41.3 Å². The summed E-state index contributed by atoms with van der Waals surface area (Å²) >= 11 is 0. The van der Waals surface area contributed by atoms with Crippen molar-refractivity contribution in [3.8, 4) is 0 Å². The molecule has 2 atom stereocenters. The molecule has 1 amide bonds. The number of hydrogen-bond donors (Lipinski definition) is 0. The minimum Gasteiger partial charge on any atom is -0.341 e. The van der Waals surface area contributed by atoms with Gasteiger partial charge in [-0.05, 0) is 43.2 Å². The van der Waals surface area contributed by atoms with Crippen LogP contribution in [0.3, 0.4) is 0 Å². The highest BCUT2D eigenvalue weighted by molar-refractivity contribution is 7.93. The zero-order valence-corrected chi connectivity index (χ0v) is 15.3. The third-order valence-electron chi connectivity index (χ3n) is 5.30. The maximum Gasteiger partial charge on any atom is 0.265 e. The Morgan fingerprint density at radius 3 is 2.64 bits per heavy atom. The Morgan fingerprint density at radius 2 is 1.92 bits per heavy atom. The van der Waals surface area contributed by atoms with Gasteiger partial charge in [0.05, 0.1) is 10.6 Å². The maximum atomic E-state index is 13.1. The largest absolute Gasteiger partial charge is 0.341 e. The lowest BCUT2D eigenvalue weighted by molar-refractivity contribution is -0.133. The molecule has 0 N–H and O–H groups in total. The molecule has 0 unspecified atom stereocenters. The van der Waals surface area contributed by atoms with Gasteiger partial charge in [0.15, 0.2) is 0 Å². The molecule has 0 radical (unpaired) electrons. The van der Waals surface area contributed by atoms with Crippen molar-refractivity contribution in [1.29, 1.82) is 0 Å². The fraction of sp³-hybridized carbons (Fsp3) is 0.421. The van der Waals surface area contributed by atoms with Crippen molar-refractivity contribution in [2.24, 2.45) is 5.92 Å². The molecule has 4 rings (SSSR count). The van der Waals surface area contributed by atoms with Crippen LogP contribution in [0.25, 0.3) is 10.8 Å². The van der Waals surface area contributed by atoms with Crippen LogP contribution in [0.2, 0.25) is 0 Å². The quantitative estimate of drug-likeness (QED) is 0.829. The van der Waals surface area contributed by atoms with Crippen LogP contribution >= 0.6 is 0 Å². The molecule has 132 valence electrons. The number of rotatable bonds is 2. The molecule has 2 aromatic carbocycles. The number of nitrogens with zero attached hydrogens (tertiary/aromatic N) is 2. The summed E-state index contributed by atoms with van der Waals surface area (Å²) in [6, 6.07) is 10.1. The summed E-state index contributed by atoms with van der Waals surface area (Å²) in [5, 5.41) is 1.60. The first-order valence-corrected chi connectivity index (χ1v) is 10.2. The molecule has 1 saturated heterocycles. The fourth-order valence-corrected chi connectivity index (χ4v) is 5.95. The maximum absolute atomic E-state index is 13.1. The first kappa shape index (κ1) is 16.4. The van der Waals surface area contributed by atoms with Crippen molar-refractivity contribution in [1.82, 2.24) is 4.90 Å². The molecule has 2 heterocycles. The van der Waals surface area contributed by atoms with Gasteiger partial charge in [0.2, 0.25) is 5.91 Å². The Kier molecular flexibility index (Phi) is 3.76. The molecule has 2 aliphatic rings. The summed E-state index contributed by atoms with van der Waals surface area (Å²) in [5.74, 6) is 0.348. The lowest BCUT2D eigenvalue weighted by Crippen LogP contribution is -2.50. The van der Waals surface area contributed by atoms with Gasteiger partial charge in [-0.3, -0.25) is 9.10 Å². The zero-order valence-electron chi connectivity index (χ0n) is 14.5. The van der Waals surface area contributed by atoms with E-state index in [1.54, 1.807) is 25.1 Å². The van der Waals surface area contributed by atoms with Crippen molar-refractivity contribution in [2.75, 3.05) is 17.4 Å². The predicted octanol–water partition coefficient (Wildman–Crippen LogP) is 3.00. The number of sulfonamides is 1. The number of benzene rings is 2. The van der Waals surface area contributed by atoms with E-state index in [1.807, 2.05) is 23.1 Å². The van der Waals surface area contributed by atoms with E-state index in [1.165, 1.54) is 4.31 Å². The molecular weight excluding hydrogens is 336 g/mol. The Hall–Kier alpha value is -2.08. The summed E-state index contributed by atoms with van der Waals surface area (Å²) in [6.07, 6.45) is 2.09. The smallest absolute Gasteiger partial charge is 0.265 e. The predicted molar refractivity (Wildman–Crippen MR) is 98.1 cm³/mol. The average Bonchev–Trinajstić information content (AvgIpc) is 2.83. The summed E-state index contributed by atoms with van der Waals surface area (Å²) in [4.78, 5) is 15.1. The van der Waals surface area contributed by atoms with Gasteiger partial charge in [0.1, 0.15) is 6.04 Å². The van der Waals surface area contributed by atoms with Crippen LogP contribution in [0.5, 0.6) is 0 Å². The number of piperidine rings is 1. The average molecular weight is 358 g/mol. The van der Waals surface area contributed by atoms with Crippen LogP contribution in [0.4, 0.5) is 5.69 Å². The van der Waals surface area contributed by atoms with Crippen molar-refractivity contribution in [3.05, 3.63) is 36.4 Å². The van der Waals surface area contributed by atoms with Crippen LogP contribution in [0, 0.1) is 5.92 Å². The van der Waals surface area contributed by atoms with Gasteiger partial charge in [0.25, 0.3) is 10.0 Å². The monoisotopic (exact) mass is 358 g/mol. The molecule has 0 spiro atoms. The third kappa shape index (κ3) is 2.42. The standard InChI is InChI=1S/C19H22N2O3S/c1-13-6-5-11-20(12-13)19(22)14(2)21-16-9-3-7-15-8-4-10-17(18(15)16)25(21,23)24/h3-4,7-10,13-14H,5-6,11-12H2,1-2H3/t13-,14+/m0/s1. The van der Waals surface area contributed by atoms with Crippen LogP contribution in [0.1, 0.15) is 26.7 Å². The summed E-state index contributed by atoms with van der Waals surface area (Å²) in [5.41, 5.74) is 0.610. The van der Waals surface area contributed by atoms with E-state index in [-0.39, 0.29) is 5.91 Å². The first-order chi connectivity index (χ1) is 11.9. The number of likely N-dealkylation sites (tertiary alicyclic amines) is 1. The Balaban J connectivity index is 1.76. The minimum atomic E-state index is -3.71. The van der Waals surface area contributed by atoms with E-state index in [2.05, 4.69) is 6.92 Å². The molecule has 0 aromatic heterocycles. The lowest BCUT2D eigenvalue weighted by atomic mass is 9.99. The van der Waals surface area contributed by atoms with Gasteiger partial charge >= 0.3 is 0 Å². The van der Waals surface area contributed by atoms with Gasteiger partial charge in [-0.15, -0.1) is 0 Å². The molecule has 0 saturated carbocycles. The summed E-state index contributed by atoms with van der Waals surface area (Å²) < 4.78 is 27.5. The third-order valence-corrected chi connectivity index (χ3v) is 7.22. The normalized spacial score (nSPS) is 23.0. The Bertz CT molecular complexity index is 949. The molecule has 25 heavy (non-hydrogen) atoms. The van der Waals surface area contributed by atoms with E-state index < -0.39 is 16.1 Å². The first-order valence-electron chi connectivity index (χ1n) is 8.76. The Morgan fingerprint density at radius 1 is 1.20 bits per heavy atom. The molecule has 6 heteroatoms. The van der Waals surface area contributed by atoms with E-state index in [9.17, 15) is 13.2 Å². The molecular formula is C19H22N2O3S. The Labute approximate surface area is 148 Å². The van der Waals surface area contributed by atoms with Gasteiger partial charge in [-0.25, -0.2) is 8.42 Å². The van der Waals surface area contributed by atoms with Crippen LogP contribution in [-0.2, 0) is 14.8 Å². The van der Waals surface area contributed by atoms with Gasteiger partial charge in [0, 0.05) is 18.5 Å². The van der Waals surface area contributed by atoms with E-state index in [0.29, 0.717) is 29.6 Å². The van der Waals surface area contributed by atoms with E-state index in [0.717, 1.165) is 23.6 Å². The minimum absolute atomic E-state index is 0.111. The second-order valence-electron chi connectivity index (χ2n) is 7.14. The van der Waals surface area contributed by atoms with E-state index >= 15 is 0 Å². The molecule has 0 aliphatic carbocycles.